The fourth-order valence-electron chi connectivity index (χ4n) is 2.46. The molecule has 0 saturated heterocycles. The number of halogens is 2. The molecule has 0 aliphatic carbocycles. The van der Waals surface area contributed by atoms with Crippen molar-refractivity contribution in [3.8, 4) is 11.3 Å². The largest absolute Gasteiger partial charge is 0.318 e. The Morgan fingerprint density at radius 3 is 2.60 bits per heavy atom. The molecule has 124 valence electrons. The van der Waals surface area contributed by atoms with E-state index in [1.165, 1.54) is 35.6 Å². The molecule has 4 aromatic rings. The molecule has 4 nitrogen and oxygen atoms in total. The maximum Gasteiger partial charge on any atom is 0.273 e. The summed E-state index contributed by atoms with van der Waals surface area (Å²) in [6, 6.07) is 11.9. The molecule has 2 aromatic heterocycles. The summed E-state index contributed by atoms with van der Waals surface area (Å²) in [6.45, 7) is 0. The summed E-state index contributed by atoms with van der Waals surface area (Å²) in [5.41, 5.74) is 1.85. The van der Waals surface area contributed by atoms with Crippen LogP contribution in [0, 0.1) is 11.6 Å². The summed E-state index contributed by atoms with van der Waals surface area (Å²) >= 11 is 1.30. The number of thiazole rings is 1. The van der Waals surface area contributed by atoms with E-state index in [1.54, 1.807) is 40.2 Å². The molecule has 0 saturated carbocycles. The van der Waals surface area contributed by atoms with Gasteiger partial charge in [0.1, 0.15) is 17.3 Å². The molecule has 0 fully saturated rings. The van der Waals surface area contributed by atoms with Crippen LogP contribution in [0.4, 0.5) is 14.5 Å². The van der Waals surface area contributed by atoms with Gasteiger partial charge in [0.15, 0.2) is 4.96 Å². The van der Waals surface area contributed by atoms with Crippen LogP contribution in [0.3, 0.4) is 0 Å². The summed E-state index contributed by atoms with van der Waals surface area (Å²) in [5, 5.41) is 4.22. The lowest BCUT2D eigenvalue weighted by atomic mass is 10.2. The molecular weight excluding hydrogens is 344 g/mol. The van der Waals surface area contributed by atoms with Crippen molar-refractivity contribution in [1.29, 1.82) is 0 Å². The molecule has 0 spiro atoms. The number of para-hydroxylation sites is 1. The number of rotatable bonds is 3. The normalized spacial score (nSPS) is 11.0. The lowest BCUT2D eigenvalue weighted by Gasteiger charge is -2.05. The van der Waals surface area contributed by atoms with E-state index in [-0.39, 0.29) is 11.5 Å². The Labute approximate surface area is 145 Å². The third kappa shape index (κ3) is 2.89. The standard InChI is InChI=1S/C18H11F2N3OS/c19-12-7-5-11(6-8-12)15-9-23-16(10-25-18(23)22-15)17(24)21-14-4-2-1-3-13(14)20/h1-10H,(H,21,24). The Morgan fingerprint density at radius 1 is 1.08 bits per heavy atom. The van der Waals surface area contributed by atoms with Gasteiger partial charge in [0.2, 0.25) is 0 Å². The smallest absolute Gasteiger partial charge is 0.273 e. The molecule has 0 aliphatic rings. The summed E-state index contributed by atoms with van der Waals surface area (Å²) < 4.78 is 28.4. The van der Waals surface area contributed by atoms with Crippen LogP contribution in [0.5, 0.6) is 0 Å². The van der Waals surface area contributed by atoms with Crippen LogP contribution in [0.2, 0.25) is 0 Å². The molecule has 4 rings (SSSR count). The molecule has 2 aromatic carbocycles. The van der Waals surface area contributed by atoms with Gasteiger partial charge in [-0.2, -0.15) is 0 Å². The average Bonchev–Trinajstić information content (AvgIpc) is 3.18. The minimum atomic E-state index is -0.500. The topological polar surface area (TPSA) is 46.4 Å². The molecule has 1 amide bonds. The number of carbonyl (C=O) groups excluding carboxylic acids is 1. The Bertz CT molecular complexity index is 1070. The highest BCUT2D eigenvalue weighted by Crippen LogP contribution is 2.24. The predicted molar refractivity (Wildman–Crippen MR) is 92.8 cm³/mol. The summed E-state index contributed by atoms with van der Waals surface area (Å²) in [4.78, 5) is 17.5. The van der Waals surface area contributed by atoms with Crippen LogP contribution in [0.15, 0.2) is 60.1 Å². The van der Waals surface area contributed by atoms with Gasteiger partial charge in [0.25, 0.3) is 5.91 Å². The molecule has 7 heteroatoms. The fourth-order valence-corrected chi connectivity index (χ4v) is 3.31. The number of carbonyl (C=O) groups is 1. The molecule has 25 heavy (non-hydrogen) atoms. The monoisotopic (exact) mass is 355 g/mol. The number of aromatic nitrogens is 2. The molecule has 2 heterocycles. The van der Waals surface area contributed by atoms with Crippen molar-refractivity contribution in [1.82, 2.24) is 9.38 Å². The summed E-state index contributed by atoms with van der Waals surface area (Å²) in [7, 11) is 0. The highest BCUT2D eigenvalue weighted by atomic mass is 32.1. The highest BCUT2D eigenvalue weighted by molar-refractivity contribution is 7.15. The van der Waals surface area contributed by atoms with Gasteiger partial charge in [0, 0.05) is 17.1 Å². The summed E-state index contributed by atoms with van der Waals surface area (Å²) in [6.07, 6.45) is 1.70. The van der Waals surface area contributed by atoms with Crippen LogP contribution in [0.25, 0.3) is 16.2 Å². The van der Waals surface area contributed by atoms with Crippen LogP contribution in [-0.2, 0) is 0 Å². The second kappa shape index (κ2) is 6.10. The van der Waals surface area contributed by atoms with E-state index in [4.69, 9.17) is 0 Å². The zero-order valence-corrected chi connectivity index (χ0v) is 13.6. The van der Waals surface area contributed by atoms with Gasteiger partial charge in [0.05, 0.1) is 11.4 Å². The fraction of sp³-hybridized carbons (Fsp3) is 0. The van der Waals surface area contributed by atoms with E-state index in [2.05, 4.69) is 10.3 Å². The number of anilines is 1. The van der Waals surface area contributed by atoms with Crippen molar-refractivity contribution in [2.75, 3.05) is 5.32 Å². The highest BCUT2D eigenvalue weighted by Gasteiger charge is 2.16. The molecule has 0 atom stereocenters. The lowest BCUT2D eigenvalue weighted by Crippen LogP contribution is -2.14. The van der Waals surface area contributed by atoms with E-state index in [9.17, 15) is 13.6 Å². The number of nitrogens with zero attached hydrogens (tertiary/aromatic N) is 2. The van der Waals surface area contributed by atoms with Gasteiger partial charge >= 0.3 is 0 Å². The Morgan fingerprint density at radius 2 is 1.84 bits per heavy atom. The van der Waals surface area contributed by atoms with Gasteiger partial charge in [-0.1, -0.05) is 12.1 Å². The Balaban J connectivity index is 1.67. The number of amides is 1. The second-order valence-electron chi connectivity index (χ2n) is 5.34. The SMILES string of the molecule is O=C(Nc1ccccc1F)c1csc2nc(-c3ccc(F)cc3)cn12. The maximum absolute atomic E-state index is 13.7. The van der Waals surface area contributed by atoms with Crippen LogP contribution >= 0.6 is 11.3 Å². The molecule has 0 unspecified atom stereocenters. The summed E-state index contributed by atoms with van der Waals surface area (Å²) in [5.74, 6) is -1.26. The third-order valence-corrected chi connectivity index (χ3v) is 4.54. The van der Waals surface area contributed by atoms with Gasteiger partial charge < -0.3 is 5.32 Å². The van der Waals surface area contributed by atoms with E-state index < -0.39 is 11.7 Å². The van der Waals surface area contributed by atoms with Crippen molar-refractivity contribution in [2.45, 2.75) is 0 Å². The quantitative estimate of drug-likeness (QED) is 0.584. The van der Waals surface area contributed by atoms with Crippen molar-refractivity contribution in [3.05, 3.63) is 77.4 Å². The first-order chi connectivity index (χ1) is 12.1. The number of benzene rings is 2. The minimum Gasteiger partial charge on any atom is -0.318 e. The Kier molecular flexibility index (Phi) is 3.77. The van der Waals surface area contributed by atoms with Crippen molar-refractivity contribution >= 4 is 27.9 Å². The van der Waals surface area contributed by atoms with Crippen molar-refractivity contribution < 1.29 is 13.6 Å². The molecule has 0 aliphatic heterocycles. The first-order valence-electron chi connectivity index (χ1n) is 7.40. The number of fused-ring (bicyclic) bond motifs is 1. The van der Waals surface area contributed by atoms with Crippen LogP contribution in [-0.4, -0.2) is 15.3 Å². The maximum atomic E-state index is 13.7. The Hall–Kier alpha value is -3.06. The number of nitrogens with one attached hydrogen (secondary N) is 1. The van der Waals surface area contributed by atoms with E-state index in [0.29, 0.717) is 16.3 Å². The molecular formula is C18H11F2N3OS. The van der Waals surface area contributed by atoms with E-state index >= 15 is 0 Å². The average molecular weight is 355 g/mol. The zero-order valence-electron chi connectivity index (χ0n) is 12.7. The van der Waals surface area contributed by atoms with Gasteiger partial charge in [-0.25, -0.2) is 13.8 Å². The van der Waals surface area contributed by atoms with Gasteiger partial charge in [-0.3, -0.25) is 9.20 Å². The first-order valence-corrected chi connectivity index (χ1v) is 8.28. The van der Waals surface area contributed by atoms with Gasteiger partial charge in [-0.15, -0.1) is 11.3 Å². The zero-order chi connectivity index (χ0) is 17.4. The molecule has 1 N–H and O–H groups in total. The second-order valence-corrected chi connectivity index (χ2v) is 6.18. The molecule has 0 radical (unpaired) electrons. The predicted octanol–water partition coefficient (Wildman–Crippen LogP) is 4.59. The first kappa shape index (κ1) is 15.5. The molecule has 0 bridgehead atoms. The number of imidazole rings is 1. The van der Waals surface area contributed by atoms with E-state index in [0.717, 1.165) is 5.56 Å². The minimum absolute atomic E-state index is 0.116. The van der Waals surface area contributed by atoms with Crippen molar-refractivity contribution in [2.24, 2.45) is 0 Å². The van der Waals surface area contributed by atoms with Crippen LogP contribution < -0.4 is 5.32 Å². The van der Waals surface area contributed by atoms with Crippen LogP contribution in [0.1, 0.15) is 10.5 Å². The number of hydrogen-bond acceptors (Lipinski definition) is 3. The number of hydrogen-bond donors (Lipinski definition) is 1. The third-order valence-electron chi connectivity index (χ3n) is 3.70. The lowest BCUT2D eigenvalue weighted by molar-refractivity contribution is 0.102. The van der Waals surface area contributed by atoms with Crippen molar-refractivity contribution in [3.63, 3.8) is 0 Å². The van der Waals surface area contributed by atoms with E-state index in [1.807, 2.05) is 0 Å². The van der Waals surface area contributed by atoms with Gasteiger partial charge in [-0.05, 0) is 36.4 Å².